The number of benzene rings is 1. The number of rotatable bonds is 4. The van der Waals surface area contributed by atoms with Gasteiger partial charge in [0.1, 0.15) is 11.5 Å². The summed E-state index contributed by atoms with van der Waals surface area (Å²) in [6.07, 6.45) is 0. The van der Waals surface area contributed by atoms with Gasteiger partial charge in [-0.2, -0.15) is 0 Å². The summed E-state index contributed by atoms with van der Waals surface area (Å²) in [6.45, 7) is 2.36. The van der Waals surface area contributed by atoms with E-state index in [1.165, 1.54) is 12.1 Å². The maximum absolute atomic E-state index is 11.2. The number of Topliss-reactive ketones (excluding diaryl/α,β-unsaturated/α-hetero) is 1. The van der Waals surface area contributed by atoms with Crippen molar-refractivity contribution in [1.82, 2.24) is 0 Å². The Morgan fingerprint density at radius 3 is 2.86 bits per heavy atom. The van der Waals surface area contributed by atoms with Crippen LogP contribution in [0.2, 0.25) is 0 Å². The molecule has 1 aromatic carbocycles. The van der Waals surface area contributed by atoms with Crippen LogP contribution < -0.4 is 4.74 Å². The van der Waals surface area contributed by atoms with Crippen LogP contribution >= 0.6 is 11.6 Å². The quantitative estimate of drug-likeness (QED) is 0.618. The first-order valence-corrected chi connectivity index (χ1v) is 4.77. The van der Waals surface area contributed by atoms with Gasteiger partial charge >= 0.3 is 0 Å². The van der Waals surface area contributed by atoms with Crippen molar-refractivity contribution in [2.75, 3.05) is 12.5 Å². The van der Waals surface area contributed by atoms with Crippen molar-refractivity contribution in [1.29, 1.82) is 0 Å². The highest BCUT2D eigenvalue weighted by Crippen LogP contribution is 2.23. The van der Waals surface area contributed by atoms with Gasteiger partial charge in [-0.05, 0) is 25.1 Å². The minimum Gasteiger partial charge on any atom is -0.507 e. The lowest BCUT2D eigenvalue weighted by molar-refractivity contribution is 0.101. The molecule has 0 aliphatic rings. The molecule has 0 amide bonds. The van der Waals surface area contributed by atoms with Crippen LogP contribution in [0.25, 0.3) is 0 Å². The number of carbonyl (C=O) groups excluding carboxylic acids is 1. The summed E-state index contributed by atoms with van der Waals surface area (Å²) in [5.41, 5.74) is 0.200. The van der Waals surface area contributed by atoms with Gasteiger partial charge < -0.3 is 9.84 Å². The first-order chi connectivity index (χ1) is 6.69. The van der Waals surface area contributed by atoms with Crippen molar-refractivity contribution >= 4 is 17.4 Å². The van der Waals surface area contributed by atoms with E-state index < -0.39 is 0 Å². The van der Waals surface area contributed by atoms with Gasteiger partial charge in [0.05, 0.1) is 18.1 Å². The van der Waals surface area contributed by atoms with Crippen LogP contribution in [0.15, 0.2) is 18.2 Å². The van der Waals surface area contributed by atoms with E-state index >= 15 is 0 Å². The number of phenols is 1. The van der Waals surface area contributed by atoms with Crippen molar-refractivity contribution in [3.8, 4) is 11.5 Å². The lowest BCUT2D eigenvalue weighted by atomic mass is 10.1. The van der Waals surface area contributed by atoms with Crippen LogP contribution in [-0.4, -0.2) is 23.4 Å². The molecule has 0 aromatic heterocycles. The first kappa shape index (κ1) is 10.9. The summed E-state index contributed by atoms with van der Waals surface area (Å²) >= 11 is 5.39. The average Bonchev–Trinajstić information content (AvgIpc) is 2.20. The molecule has 0 aliphatic carbocycles. The molecular formula is C10H11ClO3. The maximum atomic E-state index is 11.2. The zero-order valence-electron chi connectivity index (χ0n) is 7.79. The Morgan fingerprint density at radius 1 is 1.57 bits per heavy atom. The van der Waals surface area contributed by atoms with Gasteiger partial charge in [0.15, 0.2) is 5.78 Å². The normalized spacial score (nSPS) is 9.86. The van der Waals surface area contributed by atoms with Gasteiger partial charge in [0.2, 0.25) is 0 Å². The molecule has 0 spiro atoms. The number of carbonyl (C=O) groups is 1. The van der Waals surface area contributed by atoms with Gasteiger partial charge in [-0.15, -0.1) is 11.6 Å². The Balaban J connectivity index is 3.01. The number of hydrogen-bond acceptors (Lipinski definition) is 3. The topological polar surface area (TPSA) is 46.5 Å². The molecule has 0 aliphatic heterocycles. The van der Waals surface area contributed by atoms with Gasteiger partial charge in [0.25, 0.3) is 0 Å². The van der Waals surface area contributed by atoms with Crippen LogP contribution in [0.5, 0.6) is 11.5 Å². The van der Waals surface area contributed by atoms with Crippen LogP contribution in [0.4, 0.5) is 0 Å². The lowest BCUT2D eigenvalue weighted by Gasteiger charge is -2.06. The Hall–Kier alpha value is -1.22. The summed E-state index contributed by atoms with van der Waals surface area (Å²) in [5, 5.41) is 9.37. The van der Waals surface area contributed by atoms with Crippen LogP contribution in [0.3, 0.4) is 0 Å². The van der Waals surface area contributed by atoms with Crippen LogP contribution in [0, 0.1) is 0 Å². The zero-order chi connectivity index (χ0) is 10.6. The Kier molecular flexibility index (Phi) is 3.77. The molecular weight excluding hydrogens is 204 g/mol. The molecule has 3 nitrogen and oxygen atoms in total. The van der Waals surface area contributed by atoms with Crippen LogP contribution in [0.1, 0.15) is 17.3 Å². The smallest absolute Gasteiger partial charge is 0.181 e. The molecule has 4 heteroatoms. The summed E-state index contributed by atoms with van der Waals surface area (Å²) in [7, 11) is 0. The van der Waals surface area contributed by atoms with Gasteiger partial charge in [-0.3, -0.25) is 4.79 Å². The average molecular weight is 215 g/mol. The standard InChI is InChI=1S/C10H11ClO3/c1-2-14-7-3-4-9(12)8(5-7)10(13)6-11/h3-5,12H,2,6H2,1H3. The summed E-state index contributed by atoms with van der Waals surface area (Å²) in [6, 6.07) is 4.51. The Labute approximate surface area is 87.3 Å². The molecule has 0 atom stereocenters. The summed E-state index contributed by atoms with van der Waals surface area (Å²) in [4.78, 5) is 11.2. The van der Waals surface area contributed by atoms with E-state index in [0.29, 0.717) is 12.4 Å². The second kappa shape index (κ2) is 4.86. The van der Waals surface area contributed by atoms with Gasteiger partial charge in [-0.1, -0.05) is 0 Å². The predicted molar refractivity (Wildman–Crippen MR) is 54.3 cm³/mol. The van der Waals surface area contributed by atoms with Gasteiger partial charge in [-0.25, -0.2) is 0 Å². The first-order valence-electron chi connectivity index (χ1n) is 4.24. The molecule has 1 aromatic rings. The summed E-state index contributed by atoms with van der Waals surface area (Å²) in [5.74, 6) is 0.0203. The number of phenolic OH excluding ortho intramolecular Hbond substituents is 1. The van der Waals surface area contributed by atoms with E-state index in [9.17, 15) is 9.90 Å². The lowest BCUT2D eigenvalue weighted by Crippen LogP contribution is -2.01. The number of aromatic hydroxyl groups is 1. The molecule has 1 N–H and O–H groups in total. The molecule has 0 fully saturated rings. The Bertz CT molecular complexity index is 336. The van der Waals surface area contributed by atoms with E-state index in [4.69, 9.17) is 16.3 Å². The second-order valence-electron chi connectivity index (χ2n) is 2.67. The fourth-order valence-electron chi connectivity index (χ4n) is 1.07. The molecule has 76 valence electrons. The maximum Gasteiger partial charge on any atom is 0.181 e. The SMILES string of the molecule is CCOc1ccc(O)c(C(=O)CCl)c1. The monoisotopic (exact) mass is 214 g/mol. The largest absolute Gasteiger partial charge is 0.507 e. The van der Waals surface area contributed by atoms with Crippen molar-refractivity contribution < 1.29 is 14.6 Å². The molecule has 0 saturated heterocycles. The third-order valence-corrected chi connectivity index (χ3v) is 1.94. The van der Waals surface area contributed by atoms with E-state index in [2.05, 4.69) is 0 Å². The van der Waals surface area contributed by atoms with Crippen molar-refractivity contribution in [3.63, 3.8) is 0 Å². The minimum absolute atomic E-state index is 0.0703. The zero-order valence-corrected chi connectivity index (χ0v) is 8.54. The van der Waals surface area contributed by atoms with Crippen molar-refractivity contribution in [2.24, 2.45) is 0 Å². The number of ether oxygens (including phenoxy) is 1. The third-order valence-electron chi connectivity index (χ3n) is 1.70. The van der Waals surface area contributed by atoms with Gasteiger partial charge in [0, 0.05) is 0 Å². The van der Waals surface area contributed by atoms with Crippen molar-refractivity contribution in [3.05, 3.63) is 23.8 Å². The van der Waals surface area contributed by atoms with E-state index in [1.54, 1.807) is 6.07 Å². The van der Waals surface area contributed by atoms with E-state index in [1.807, 2.05) is 6.92 Å². The molecule has 0 saturated carbocycles. The molecule has 0 bridgehead atoms. The van der Waals surface area contributed by atoms with Crippen LogP contribution in [-0.2, 0) is 0 Å². The number of ketones is 1. The molecule has 14 heavy (non-hydrogen) atoms. The highest BCUT2D eigenvalue weighted by atomic mass is 35.5. The fraction of sp³-hybridized carbons (Fsp3) is 0.300. The predicted octanol–water partition coefficient (Wildman–Crippen LogP) is 2.21. The molecule has 0 radical (unpaired) electrons. The second-order valence-corrected chi connectivity index (χ2v) is 2.94. The minimum atomic E-state index is -0.314. The number of alkyl halides is 1. The number of halogens is 1. The highest BCUT2D eigenvalue weighted by molar-refractivity contribution is 6.30. The number of hydrogen-bond donors (Lipinski definition) is 1. The third kappa shape index (κ3) is 2.39. The Morgan fingerprint density at radius 2 is 2.29 bits per heavy atom. The highest BCUT2D eigenvalue weighted by Gasteiger charge is 2.10. The molecule has 0 heterocycles. The fourth-order valence-corrected chi connectivity index (χ4v) is 1.21. The summed E-state index contributed by atoms with van der Waals surface area (Å²) < 4.78 is 5.19. The van der Waals surface area contributed by atoms with E-state index in [0.717, 1.165) is 0 Å². The molecule has 0 unspecified atom stereocenters. The van der Waals surface area contributed by atoms with E-state index in [-0.39, 0.29) is 23.0 Å². The van der Waals surface area contributed by atoms with Crippen molar-refractivity contribution in [2.45, 2.75) is 6.92 Å². The molecule has 1 rings (SSSR count).